The maximum atomic E-state index is 7.03. The quantitative estimate of drug-likeness (QED) is 0.176. The average molecular weight is 880 g/mol. The van der Waals surface area contributed by atoms with Gasteiger partial charge in [-0.2, -0.15) is 0 Å². The van der Waals surface area contributed by atoms with Crippen LogP contribution >= 0.6 is 0 Å². The van der Waals surface area contributed by atoms with Crippen molar-refractivity contribution in [2.45, 2.75) is 0 Å². The van der Waals surface area contributed by atoms with E-state index in [-0.39, 0.29) is 0 Å². The minimum atomic E-state index is 0.472. The minimum Gasteiger partial charge on any atom is -0.455 e. The van der Waals surface area contributed by atoms with Gasteiger partial charge in [-0.15, -0.1) is 0 Å². The van der Waals surface area contributed by atoms with Gasteiger partial charge in [-0.3, -0.25) is 0 Å². The van der Waals surface area contributed by atoms with Crippen LogP contribution in [0.25, 0.3) is 165 Å². The molecule has 16 aromatic rings. The molecule has 0 unspecified atom stereocenters. The summed E-state index contributed by atoms with van der Waals surface area (Å²) < 4.78 is 21.1. The van der Waals surface area contributed by atoms with Crippen molar-refractivity contribution in [1.82, 2.24) is 15.0 Å². The zero-order valence-corrected chi connectivity index (χ0v) is 36.6. The monoisotopic (exact) mass is 879 g/mol. The van der Waals surface area contributed by atoms with E-state index in [0.29, 0.717) is 34.2 Å². The minimum absolute atomic E-state index is 0.472. The fourth-order valence-electron chi connectivity index (χ4n) is 11.4. The molecule has 0 aliphatic heterocycles. The van der Waals surface area contributed by atoms with Gasteiger partial charge >= 0.3 is 0 Å². The van der Waals surface area contributed by atoms with Gasteiger partial charge < -0.3 is 13.3 Å². The van der Waals surface area contributed by atoms with Crippen LogP contribution < -0.4 is 0 Å². The number of nitrogens with zero attached hydrogens (tertiary/aromatic N) is 3. The molecule has 0 N–H and O–H groups in total. The molecule has 6 heteroatoms. The number of hydrogen-bond donors (Lipinski definition) is 0. The van der Waals surface area contributed by atoms with Crippen LogP contribution in [0.2, 0.25) is 0 Å². The third-order valence-corrected chi connectivity index (χ3v) is 14.4. The smallest absolute Gasteiger partial charge is 0.167 e. The summed E-state index contributed by atoms with van der Waals surface area (Å²) in [5, 5.41) is 19.5. The van der Waals surface area contributed by atoms with Gasteiger partial charge in [-0.1, -0.05) is 164 Å². The first-order valence-corrected chi connectivity index (χ1v) is 23.2. The summed E-state index contributed by atoms with van der Waals surface area (Å²) in [6.45, 7) is 0. The van der Waals surface area contributed by atoms with E-state index in [9.17, 15) is 0 Å². The second-order valence-electron chi connectivity index (χ2n) is 18.1. The predicted molar refractivity (Wildman–Crippen MR) is 283 cm³/mol. The summed E-state index contributed by atoms with van der Waals surface area (Å²) in [4.78, 5) is 16.6. The third-order valence-electron chi connectivity index (χ3n) is 14.4. The Balaban J connectivity index is 1.07. The highest BCUT2D eigenvalue weighted by atomic mass is 16.3. The van der Waals surface area contributed by atoms with Crippen molar-refractivity contribution in [2.75, 3.05) is 0 Å². The molecule has 16 rings (SSSR count). The van der Waals surface area contributed by atoms with Crippen molar-refractivity contribution in [1.29, 1.82) is 0 Å². The lowest BCUT2D eigenvalue weighted by atomic mass is 9.96. The first kappa shape index (κ1) is 36.8. The van der Waals surface area contributed by atoms with Gasteiger partial charge in [0.15, 0.2) is 17.5 Å². The molecule has 12 aromatic carbocycles. The number of rotatable bonds is 3. The first-order chi connectivity index (χ1) is 34.2. The van der Waals surface area contributed by atoms with E-state index in [0.717, 1.165) is 130 Å². The van der Waals surface area contributed by atoms with Crippen LogP contribution in [0.15, 0.2) is 213 Å². The van der Waals surface area contributed by atoms with Crippen LogP contribution in [0.1, 0.15) is 0 Å². The molecule has 0 aliphatic carbocycles. The lowest BCUT2D eigenvalue weighted by Gasteiger charge is -2.12. The highest BCUT2D eigenvalue weighted by Crippen LogP contribution is 2.48. The molecule has 0 spiro atoms. The van der Waals surface area contributed by atoms with Gasteiger partial charge in [-0.05, 0) is 101 Å². The van der Waals surface area contributed by atoms with Gasteiger partial charge in [0, 0.05) is 32.3 Å². The zero-order chi connectivity index (χ0) is 44.9. The normalized spacial score (nSPS) is 12.3. The first-order valence-electron chi connectivity index (χ1n) is 23.2. The summed E-state index contributed by atoms with van der Waals surface area (Å²) in [7, 11) is 0. The van der Waals surface area contributed by atoms with Crippen molar-refractivity contribution in [3.05, 3.63) is 200 Å². The Hall–Kier alpha value is -9.39. The second kappa shape index (κ2) is 13.6. The standard InChI is InChI=1S/C63H33N3O3/c1-7-19-40-34(13-1)25-28-49-52(40)55-43-22-10-4-16-37(43)31-46(58(55)67-49)61-64-62(47-32-38-17-5-11-23-44(38)56-53-41-20-8-2-14-35(41)26-29-50(53)68-59(47)56)66-63(65-61)48-33-39-18-6-12-24-45(39)57-54-42-21-9-3-15-36(42)27-30-51(54)69-60(48)57/h1-33H. The Labute approximate surface area is 391 Å². The van der Waals surface area contributed by atoms with Crippen LogP contribution in [0.5, 0.6) is 0 Å². The topological polar surface area (TPSA) is 78.1 Å². The predicted octanol–water partition coefficient (Wildman–Crippen LogP) is 17.5. The van der Waals surface area contributed by atoms with E-state index < -0.39 is 0 Å². The van der Waals surface area contributed by atoms with E-state index in [1.165, 1.54) is 0 Å². The van der Waals surface area contributed by atoms with Gasteiger partial charge in [0.25, 0.3) is 0 Å². The molecule has 0 saturated carbocycles. The van der Waals surface area contributed by atoms with Crippen LogP contribution in [0.3, 0.4) is 0 Å². The van der Waals surface area contributed by atoms with Crippen molar-refractivity contribution >= 4 is 130 Å². The lowest BCUT2D eigenvalue weighted by molar-refractivity contribution is 0.669. The summed E-state index contributed by atoms with van der Waals surface area (Å²) in [6.07, 6.45) is 0. The summed E-state index contributed by atoms with van der Waals surface area (Å²) in [5.41, 5.74) is 6.80. The van der Waals surface area contributed by atoms with Gasteiger partial charge in [0.1, 0.15) is 33.5 Å². The van der Waals surface area contributed by atoms with Gasteiger partial charge in [0.05, 0.1) is 16.7 Å². The van der Waals surface area contributed by atoms with Gasteiger partial charge in [-0.25, -0.2) is 15.0 Å². The Morgan fingerprint density at radius 3 is 0.768 bits per heavy atom. The van der Waals surface area contributed by atoms with E-state index in [1.807, 2.05) is 0 Å². The fourth-order valence-corrected chi connectivity index (χ4v) is 11.4. The number of fused-ring (bicyclic) bond motifs is 21. The lowest BCUT2D eigenvalue weighted by Crippen LogP contribution is -2.01. The number of furan rings is 3. The maximum Gasteiger partial charge on any atom is 0.167 e. The maximum absolute atomic E-state index is 7.03. The molecule has 0 fully saturated rings. The van der Waals surface area contributed by atoms with Crippen LogP contribution in [-0.4, -0.2) is 15.0 Å². The average Bonchev–Trinajstić information content (AvgIpc) is 4.13. The Morgan fingerprint density at radius 2 is 0.478 bits per heavy atom. The molecule has 0 radical (unpaired) electrons. The summed E-state index contributed by atoms with van der Waals surface area (Å²) >= 11 is 0. The van der Waals surface area contributed by atoms with Crippen molar-refractivity contribution in [3.63, 3.8) is 0 Å². The van der Waals surface area contributed by atoms with E-state index >= 15 is 0 Å². The summed E-state index contributed by atoms with van der Waals surface area (Å²) in [6, 6.07) is 70.1. The van der Waals surface area contributed by atoms with Crippen molar-refractivity contribution < 1.29 is 13.3 Å². The van der Waals surface area contributed by atoms with E-state index in [4.69, 9.17) is 28.2 Å². The third kappa shape index (κ3) is 5.12. The number of aromatic nitrogens is 3. The SMILES string of the molecule is c1ccc2c(c1)ccc1oc3c(-c4nc(-c5cc6ccccc6c6c5oc5ccc7ccccc7c56)nc(-c5cc6ccccc6c6c5oc5ccc7ccccc7c56)n4)cc4ccccc4c3c12. The largest absolute Gasteiger partial charge is 0.455 e. The van der Waals surface area contributed by atoms with Crippen LogP contribution in [0, 0.1) is 0 Å². The number of benzene rings is 12. The Kier molecular flexibility index (Phi) is 7.25. The highest BCUT2D eigenvalue weighted by Gasteiger charge is 2.27. The van der Waals surface area contributed by atoms with Gasteiger partial charge in [0.2, 0.25) is 0 Å². The summed E-state index contributed by atoms with van der Waals surface area (Å²) in [5.74, 6) is 1.42. The zero-order valence-electron chi connectivity index (χ0n) is 36.6. The molecule has 0 bridgehead atoms. The van der Waals surface area contributed by atoms with E-state index in [2.05, 4.69) is 200 Å². The molecule has 0 aliphatic rings. The molecule has 0 saturated heterocycles. The molecule has 69 heavy (non-hydrogen) atoms. The van der Waals surface area contributed by atoms with Crippen LogP contribution in [-0.2, 0) is 0 Å². The van der Waals surface area contributed by atoms with Crippen molar-refractivity contribution in [2.24, 2.45) is 0 Å². The Bertz CT molecular complexity index is 4420. The molecule has 4 heterocycles. The molecule has 6 nitrogen and oxygen atoms in total. The molecular formula is C63H33N3O3. The van der Waals surface area contributed by atoms with Crippen molar-refractivity contribution in [3.8, 4) is 34.2 Å². The number of hydrogen-bond acceptors (Lipinski definition) is 6. The highest BCUT2D eigenvalue weighted by molar-refractivity contribution is 6.31. The molecule has 0 atom stereocenters. The molecule has 0 amide bonds. The molecular weight excluding hydrogens is 847 g/mol. The second-order valence-corrected chi connectivity index (χ2v) is 18.1. The van der Waals surface area contributed by atoms with Crippen LogP contribution in [0.4, 0.5) is 0 Å². The van der Waals surface area contributed by atoms with E-state index in [1.54, 1.807) is 0 Å². The Morgan fingerprint density at radius 1 is 0.232 bits per heavy atom. The fraction of sp³-hybridized carbons (Fsp3) is 0. The molecule has 318 valence electrons. The molecule has 4 aromatic heterocycles.